The van der Waals surface area contributed by atoms with Gasteiger partial charge in [0, 0.05) is 13.0 Å². The first-order valence-corrected chi connectivity index (χ1v) is 11.9. The van der Waals surface area contributed by atoms with Crippen LogP contribution in [0.1, 0.15) is 127 Å². The normalized spacial score (nSPS) is 11.5. The SMILES string of the molecule is CC.CC.CC.CC(=O)CCCN1CCCC1.CCCC.CCCCCO. The lowest BCUT2D eigenvalue weighted by molar-refractivity contribution is -0.117. The lowest BCUT2D eigenvalue weighted by Crippen LogP contribution is -2.20. The molecule has 0 amide bonds. The van der Waals surface area contributed by atoms with Crippen LogP contribution in [0.25, 0.3) is 0 Å². The number of carbonyl (C=O) groups excluding carboxylic acids is 1. The van der Waals surface area contributed by atoms with E-state index in [-0.39, 0.29) is 0 Å². The summed E-state index contributed by atoms with van der Waals surface area (Å²) >= 11 is 0. The van der Waals surface area contributed by atoms with Crippen molar-refractivity contribution < 1.29 is 9.90 Å². The van der Waals surface area contributed by atoms with E-state index >= 15 is 0 Å². The first kappa shape index (κ1) is 37.4. The molecule has 0 aromatic carbocycles. The fourth-order valence-corrected chi connectivity index (χ4v) is 1.92. The van der Waals surface area contributed by atoms with Crippen LogP contribution < -0.4 is 0 Å². The minimum Gasteiger partial charge on any atom is -0.396 e. The van der Waals surface area contributed by atoms with Crippen LogP contribution in [-0.4, -0.2) is 42.0 Å². The summed E-state index contributed by atoms with van der Waals surface area (Å²) in [6, 6.07) is 0. The Balaban J connectivity index is -0.0000000862. The molecule has 1 saturated heterocycles. The average molecular weight is 392 g/mol. The zero-order valence-corrected chi connectivity index (χ0v) is 21.0. The van der Waals surface area contributed by atoms with Crippen LogP contribution in [0, 0.1) is 0 Å². The van der Waals surface area contributed by atoms with E-state index in [1.54, 1.807) is 6.92 Å². The van der Waals surface area contributed by atoms with Crippen molar-refractivity contribution in [1.29, 1.82) is 0 Å². The molecule has 0 bridgehead atoms. The van der Waals surface area contributed by atoms with E-state index in [1.807, 2.05) is 41.5 Å². The number of unbranched alkanes of at least 4 members (excludes halogenated alkanes) is 3. The van der Waals surface area contributed by atoms with Gasteiger partial charge in [-0.15, -0.1) is 0 Å². The summed E-state index contributed by atoms with van der Waals surface area (Å²) in [5.41, 5.74) is 0. The van der Waals surface area contributed by atoms with Gasteiger partial charge in [0.1, 0.15) is 5.78 Å². The molecule has 1 heterocycles. The smallest absolute Gasteiger partial charge is 0.129 e. The summed E-state index contributed by atoms with van der Waals surface area (Å²) < 4.78 is 0. The number of Topliss-reactive ketones (excluding diaryl/α,β-unsaturated/α-hetero) is 1. The van der Waals surface area contributed by atoms with Crippen molar-refractivity contribution in [1.82, 2.24) is 4.90 Å². The highest BCUT2D eigenvalue weighted by atomic mass is 16.2. The molecular weight excluding hydrogens is 334 g/mol. The monoisotopic (exact) mass is 391 g/mol. The summed E-state index contributed by atoms with van der Waals surface area (Å²) in [7, 11) is 0. The minimum absolute atomic E-state index is 0.323. The molecule has 1 rings (SSSR count). The van der Waals surface area contributed by atoms with Crippen molar-refractivity contribution in [2.45, 2.75) is 127 Å². The number of hydrogen-bond acceptors (Lipinski definition) is 3. The van der Waals surface area contributed by atoms with Crippen LogP contribution in [-0.2, 0) is 4.79 Å². The Morgan fingerprint density at radius 2 is 1.22 bits per heavy atom. The molecule has 3 heteroatoms. The highest BCUT2D eigenvalue weighted by molar-refractivity contribution is 5.75. The van der Waals surface area contributed by atoms with E-state index in [2.05, 4.69) is 25.7 Å². The molecule has 1 aliphatic heterocycles. The number of nitrogens with zero attached hydrogens (tertiary/aromatic N) is 1. The molecule has 1 fully saturated rings. The predicted molar refractivity (Wildman–Crippen MR) is 127 cm³/mol. The van der Waals surface area contributed by atoms with E-state index in [0.717, 1.165) is 32.2 Å². The molecule has 0 saturated carbocycles. The van der Waals surface area contributed by atoms with Gasteiger partial charge in [0.25, 0.3) is 0 Å². The third kappa shape index (κ3) is 51.7. The summed E-state index contributed by atoms with van der Waals surface area (Å²) in [5, 5.41) is 8.20. The Hall–Kier alpha value is -0.410. The van der Waals surface area contributed by atoms with Crippen molar-refractivity contribution in [2.75, 3.05) is 26.2 Å². The zero-order valence-electron chi connectivity index (χ0n) is 21.0. The van der Waals surface area contributed by atoms with E-state index in [1.165, 1.54) is 45.2 Å². The van der Waals surface area contributed by atoms with Crippen molar-refractivity contribution >= 4 is 5.78 Å². The van der Waals surface area contributed by atoms with E-state index < -0.39 is 0 Å². The van der Waals surface area contributed by atoms with Gasteiger partial charge in [-0.05, 0) is 52.2 Å². The fourth-order valence-electron chi connectivity index (χ4n) is 1.92. The van der Waals surface area contributed by atoms with Gasteiger partial charge in [0.2, 0.25) is 0 Å². The number of aliphatic hydroxyl groups excluding tert-OH is 1. The molecule has 0 unspecified atom stereocenters. The highest BCUT2D eigenvalue weighted by Crippen LogP contribution is 2.08. The Kier molecular flexibility index (Phi) is 61.9. The molecule has 27 heavy (non-hydrogen) atoms. The fraction of sp³-hybridized carbons (Fsp3) is 0.958. The van der Waals surface area contributed by atoms with Crippen LogP contribution in [0.5, 0.6) is 0 Å². The van der Waals surface area contributed by atoms with Gasteiger partial charge in [-0.1, -0.05) is 88.0 Å². The van der Waals surface area contributed by atoms with Crippen LogP contribution >= 0.6 is 0 Å². The number of hydrogen-bond donors (Lipinski definition) is 1. The molecule has 1 N–H and O–H groups in total. The van der Waals surface area contributed by atoms with E-state index in [9.17, 15) is 4.79 Å². The van der Waals surface area contributed by atoms with Crippen LogP contribution in [0.15, 0.2) is 0 Å². The summed E-state index contributed by atoms with van der Waals surface area (Å²) in [6.45, 7) is 24.1. The molecule has 0 aromatic rings. The van der Waals surface area contributed by atoms with Gasteiger partial charge < -0.3 is 14.8 Å². The second-order valence-corrected chi connectivity index (χ2v) is 5.79. The molecule has 0 aliphatic carbocycles. The van der Waals surface area contributed by atoms with Gasteiger partial charge in [0.05, 0.1) is 0 Å². The van der Waals surface area contributed by atoms with Gasteiger partial charge >= 0.3 is 0 Å². The molecule has 0 aromatic heterocycles. The van der Waals surface area contributed by atoms with Crippen molar-refractivity contribution in [3.05, 3.63) is 0 Å². The molecule has 3 nitrogen and oxygen atoms in total. The molecule has 1 aliphatic rings. The zero-order chi connectivity index (χ0) is 22.3. The number of aliphatic hydroxyl groups is 1. The Morgan fingerprint density at radius 3 is 1.48 bits per heavy atom. The molecular formula is C24H57NO2. The topological polar surface area (TPSA) is 40.5 Å². The quantitative estimate of drug-likeness (QED) is 0.435. The second kappa shape index (κ2) is 44.8. The number of likely N-dealkylation sites (tertiary alicyclic amines) is 1. The summed E-state index contributed by atoms with van der Waals surface area (Å²) in [5.74, 6) is 0.323. The average Bonchev–Trinajstić information content (AvgIpc) is 3.25. The minimum atomic E-state index is 0.323. The molecule has 0 atom stereocenters. The molecule has 170 valence electrons. The van der Waals surface area contributed by atoms with Crippen LogP contribution in [0.3, 0.4) is 0 Å². The third-order valence-corrected chi connectivity index (χ3v) is 3.46. The Morgan fingerprint density at radius 1 is 0.778 bits per heavy atom. The van der Waals surface area contributed by atoms with Crippen molar-refractivity contribution in [2.24, 2.45) is 0 Å². The van der Waals surface area contributed by atoms with Crippen molar-refractivity contribution in [3.8, 4) is 0 Å². The lowest BCUT2D eigenvalue weighted by atomic mass is 10.2. The van der Waals surface area contributed by atoms with Crippen LogP contribution in [0.4, 0.5) is 0 Å². The predicted octanol–water partition coefficient (Wildman–Crippen LogP) is 7.51. The summed E-state index contributed by atoms with van der Waals surface area (Å²) in [4.78, 5) is 13.0. The first-order valence-electron chi connectivity index (χ1n) is 11.9. The maximum atomic E-state index is 10.6. The second-order valence-electron chi connectivity index (χ2n) is 5.79. The van der Waals surface area contributed by atoms with E-state index in [0.29, 0.717) is 12.4 Å². The number of carbonyl (C=O) groups is 1. The molecule has 0 spiro atoms. The Bertz CT molecular complexity index is 197. The third-order valence-electron chi connectivity index (χ3n) is 3.46. The maximum absolute atomic E-state index is 10.6. The van der Waals surface area contributed by atoms with Crippen molar-refractivity contribution in [3.63, 3.8) is 0 Å². The van der Waals surface area contributed by atoms with Gasteiger partial charge in [-0.25, -0.2) is 0 Å². The number of ketones is 1. The standard InChI is InChI=1S/C9H17NO.C5H12O.C4H10.3C2H6/c1-9(11)5-4-8-10-6-2-3-7-10;1-2-3-4-5-6;1-3-4-2;3*1-2/h2-8H2,1H3;6H,2-5H2,1H3;3-4H2,1-2H3;3*1-2H3. The van der Waals surface area contributed by atoms with E-state index in [4.69, 9.17) is 5.11 Å². The van der Waals surface area contributed by atoms with Gasteiger partial charge in [-0.2, -0.15) is 0 Å². The molecule has 0 radical (unpaired) electrons. The largest absolute Gasteiger partial charge is 0.396 e. The lowest BCUT2D eigenvalue weighted by Gasteiger charge is -2.12. The Labute approximate surface area is 174 Å². The first-order chi connectivity index (χ1) is 13.1. The summed E-state index contributed by atoms with van der Waals surface area (Å²) in [6.07, 6.45) is 10.5. The highest BCUT2D eigenvalue weighted by Gasteiger charge is 2.10. The van der Waals surface area contributed by atoms with Gasteiger partial charge in [0.15, 0.2) is 0 Å². The van der Waals surface area contributed by atoms with Gasteiger partial charge in [-0.3, -0.25) is 0 Å². The maximum Gasteiger partial charge on any atom is 0.129 e. The van der Waals surface area contributed by atoms with Crippen LogP contribution in [0.2, 0.25) is 0 Å². The number of rotatable bonds is 8.